The average molecular weight is 363 g/mol. The number of H-pyrrole nitrogens is 1. The molecule has 1 saturated heterocycles. The number of esters is 1. The number of piperidine rings is 1. The second-order valence-electron chi connectivity index (χ2n) is 4.18. The predicted octanol–water partition coefficient (Wildman–Crippen LogP) is 0.764. The SMILES string of the molecule is COC(=O)C1CCCN(c2nc[nH]c(=O)c2I)C1. The fourth-order valence-electron chi connectivity index (χ4n) is 2.12. The number of carbonyl (C=O) groups excluding carboxylic acids is 1. The molecule has 2 rings (SSSR count). The van der Waals surface area contributed by atoms with Gasteiger partial charge in [-0.05, 0) is 35.4 Å². The molecule has 0 saturated carbocycles. The maximum absolute atomic E-state index is 11.6. The number of aromatic amines is 1. The van der Waals surface area contributed by atoms with E-state index in [4.69, 9.17) is 4.74 Å². The maximum atomic E-state index is 11.6. The molecule has 0 amide bonds. The van der Waals surface area contributed by atoms with Crippen molar-refractivity contribution in [1.82, 2.24) is 9.97 Å². The average Bonchev–Trinajstić information content (AvgIpc) is 2.41. The minimum absolute atomic E-state index is 0.138. The van der Waals surface area contributed by atoms with Gasteiger partial charge in [0.1, 0.15) is 9.39 Å². The first kappa shape index (κ1) is 13.3. The van der Waals surface area contributed by atoms with Crippen LogP contribution in [0.4, 0.5) is 5.82 Å². The number of nitrogens with zero attached hydrogens (tertiary/aromatic N) is 2. The van der Waals surface area contributed by atoms with Crippen LogP contribution in [0.3, 0.4) is 0 Å². The lowest BCUT2D eigenvalue weighted by Gasteiger charge is -2.32. The summed E-state index contributed by atoms with van der Waals surface area (Å²) in [5.74, 6) is 0.313. The van der Waals surface area contributed by atoms with Crippen LogP contribution in [0.5, 0.6) is 0 Å². The number of rotatable bonds is 2. The van der Waals surface area contributed by atoms with E-state index >= 15 is 0 Å². The first-order valence-electron chi connectivity index (χ1n) is 5.69. The number of ether oxygens (including phenoxy) is 1. The zero-order chi connectivity index (χ0) is 13.1. The number of carbonyl (C=O) groups is 1. The van der Waals surface area contributed by atoms with Gasteiger partial charge in [-0.1, -0.05) is 0 Å². The molecule has 1 fully saturated rings. The Morgan fingerprint density at radius 3 is 3.17 bits per heavy atom. The molecule has 0 aromatic carbocycles. The molecule has 18 heavy (non-hydrogen) atoms. The van der Waals surface area contributed by atoms with E-state index in [0.717, 1.165) is 19.4 Å². The van der Waals surface area contributed by atoms with E-state index in [0.29, 0.717) is 15.9 Å². The Morgan fingerprint density at radius 1 is 1.67 bits per heavy atom. The van der Waals surface area contributed by atoms with E-state index in [1.54, 1.807) is 0 Å². The van der Waals surface area contributed by atoms with Gasteiger partial charge in [-0.25, -0.2) is 4.98 Å². The number of halogens is 1. The molecule has 7 heteroatoms. The summed E-state index contributed by atoms with van der Waals surface area (Å²) in [7, 11) is 1.40. The van der Waals surface area contributed by atoms with E-state index in [1.807, 2.05) is 27.5 Å². The molecular formula is C11H14IN3O3. The van der Waals surface area contributed by atoms with Crippen molar-refractivity contribution in [2.75, 3.05) is 25.1 Å². The largest absolute Gasteiger partial charge is 0.469 e. The molecule has 0 spiro atoms. The molecular weight excluding hydrogens is 349 g/mol. The number of aromatic nitrogens is 2. The second-order valence-corrected chi connectivity index (χ2v) is 5.26. The predicted molar refractivity (Wildman–Crippen MR) is 74.5 cm³/mol. The van der Waals surface area contributed by atoms with Crippen molar-refractivity contribution in [3.63, 3.8) is 0 Å². The van der Waals surface area contributed by atoms with Crippen LogP contribution in [0, 0.1) is 9.49 Å². The third-order valence-electron chi connectivity index (χ3n) is 3.03. The van der Waals surface area contributed by atoms with Crippen molar-refractivity contribution in [1.29, 1.82) is 0 Å². The highest BCUT2D eigenvalue weighted by molar-refractivity contribution is 14.1. The maximum Gasteiger partial charge on any atom is 0.310 e. The van der Waals surface area contributed by atoms with Crippen molar-refractivity contribution in [2.24, 2.45) is 5.92 Å². The highest BCUT2D eigenvalue weighted by Gasteiger charge is 2.28. The number of hydrogen-bond acceptors (Lipinski definition) is 5. The fraction of sp³-hybridized carbons (Fsp3) is 0.545. The molecule has 1 aromatic heterocycles. The smallest absolute Gasteiger partial charge is 0.310 e. The lowest BCUT2D eigenvalue weighted by molar-refractivity contribution is -0.145. The van der Waals surface area contributed by atoms with E-state index in [1.165, 1.54) is 13.4 Å². The summed E-state index contributed by atoms with van der Waals surface area (Å²) in [6.45, 7) is 1.36. The van der Waals surface area contributed by atoms with E-state index in [-0.39, 0.29) is 17.4 Å². The third-order valence-corrected chi connectivity index (χ3v) is 4.01. The van der Waals surface area contributed by atoms with Crippen LogP contribution in [0.25, 0.3) is 0 Å². The Balaban J connectivity index is 2.21. The molecule has 1 aliphatic heterocycles. The Labute approximate surface area is 118 Å². The molecule has 1 atom stereocenters. The zero-order valence-corrected chi connectivity index (χ0v) is 12.1. The summed E-state index contributed by atoms with van der Waals surface area (Å²) >= 11 is 1.98. The highest BCUT2D eigenvalue weighted by atomic mass is 127. The molecule has 1 aliphatic rings. The van der Waals surface area contributed by atoms with Gasteiger partial charge in [-0.2, -0.15) is 0 Å². The molecule has 1 unspecified atom stereocenters. The van der Waals surface area contributed by atoms with Gasteiger partial charge >= 0.3 is 5.97 Å². The molecule has 0 bridgehead atoms. The molecule has 0 aliphatic carbocycles. The normalized spacial score (nSPS) is 19.7. The van der Waals surface area contributed by atoms with Crippen LogP contribution in [-0.2, 0) is 9.53 Å². The summed E-state index contributed by atoms with van der Waals surface area (Å²) < 4.78 is 5.33. The molecule has 1 N–H and O–H groups in total. The molecule has 98 valence electrons. The summed E-state index contributed by atoms with van der Waals surface area (Å²) in [6.07, 6.45) is 3.11. The summed E-state index contributed by atoms with van der Waals surface area (Å²) in [5.41, 5.74) is -0.152. The van der Waals surface area contributed by atoms with Crippen LogP contribution >= 0.6 is 22.6 Å². The number of methoxy groups -OCH3 is 1. The van der Waals surface area contributed by atoms with Gasteiger partial charge in [0.25, 0.3) is 5.56 Å². The topological polar surface area (TPSA) is 75.3 Å². The monoisotopic (exact) mass is 363 g/mol. The Hall–Kier alpha value is -1.12. The molecule has 0 radical (unpaired) electrons. The summed E-state index contributed by atoms with van der Waals surface area (Å²) in [5, 5.41) is 0. The lowest BCUT2D eigenvalue weighted by atomic mass is 9.98. The van der Waals surface area contributed by atoms with E-state index < -0.39 is 0 Å². The molecule has 1 aromatic rings. The van der Waals surface area contributed by atoms with Crippen LogP contribution in [0.1, 0.15) is 12.8 Å². The van der Waals surface area contributed by atoms with Gasteiger partial charge < -0.3 is 14.6 Å². The van der Waals surface area contributed by atoms with Gasteiger partial charge in [0.05, 0.1) is 19.4 Å². The van der Waals surface area contributed by atoms with Crippen molar-refractivity contribution in [3.05, 3.63) is 20.3 Å². The van der Waals surface area contributed by atoms with Gasteiger partial charge in [-0.15, -0.1) is 0 Å². The van der Waals surface area contributed by atoms with Gasteiger partial charge in [0, 0.05) is 13.1 Å². The summed E-state index contributed by atoms with van der Waals surface area (Å²) in [4.78, 5) is 31.8. The lowest BCUT2D eigenvalue weighted by Crippen LogP contribution is -2.40. The fourth-order valence-corrected chi connectivity index (χ4v) is 2.76. The van der Waals surface area contributed by atoms with Gasteiger partial charge in [0.15, 0.2) is 0 Å². The molecule has 6 nitrogen and oxygen atoms in total. The Bertz CT molecular complexity index is 503. The standard InChI is InChI=1S/C11H14IN3O3/c1-18-11(17)7-3-2-4-15(5-7)9-8(12)10(16)14-6-13-9/h6-7H,2-5H2,1H3,(H,13,14,16). The number of hydrogen-bond donors (Lipinski definition) is 1. The first-order valence-corrected chi connectivity index (χ1v) is 6.77. The van der Waals surface area contributed by atoms with Crippen LogP contribution in [0.2, 0.25) is 0 Å². The Kier molecular flexibility index (Phi) is 4.20. The minimum atomic E-state index is -0.195. The van der Waals surface area contributed by atoms with Crippen molar-refractivity contribution in [3.8, 4) is 0 Å². The number of anilines is 1. The van der Waals surface area contributed by atoms with Gasteiger partial charge in [0.2, 0.25) is 0 Å². The third kappa shape index (κ3) is 2.65. The molecule has 2 heterocycles. The highest BCUT2D eigenvalue weighted by Crippen LogP contribution is 2.24. The minimum Gasteiger partial charge on any atom is -0.469 e. The van der Waals surface area contributed by atoms with Crippen LogP contribution < -0.4 is 10.5 Å². The van der Waals surface area contributed by atoms with Gasteiger partial charge in [-0.3, -0.25) is 9.59 Å². The zero-order valence-electron chi connectivity index (χ0n) is 9.98. The van der Waals surface area contributed by atoms with Crippen molar-refractivity contribution >= 4 is 34.4 Å². The first-order chi connectivity index (χ1) is 8.63. The van der Waals surface area contributed by atoms with E-state index in [2.05, 4.69) is 9.97 Å². The van der Waals surface area contributed by atoms with E-state index in [9.17, 15) is 9.59 Å². The summed E-state index contributed by atoms with van der Waals surface area (Å²) in [6, 6.07) is 0. The number of nitrogens with one attached hydrogen (secondary N) is 1. The van der Waals surface area contributed by atoms with Crippen molar-refractivity contribution < 1.29 is 9.53 Å². The Morgan fingerprint density at radius 2 is 2.44 bits per heavy atom. The van der Waals surface area contributed by atoms with Crippen LogP contribution in [-0.4, -0.2) is 36.1 Å². The second kappa shape index (κ2) is 5.68. The van der Waals surface area contributed by atoms with Crippen molar-refractivity contribution in [2.45, 2.75) is 12.8 Å². The van der Waals surface area contributed by atoms with Crippen LogP contribution in [0.15, 0.2) is 11.1 Å². The quantitative estimate of drug-likeness (QED) is 0.621.